The highest BCUT2D eigenvalue weighted by Crippen LogP contribution is 2.36. The van der Waals surface area contributed by atoms with Crippen LogP contribution in [0.4, 0.5) is 5.82 Å². The molecular formula is C23H26N4O2. The summed E-state index contributed by atoms with van der Waals surface area (Å²) in [6.45, 7) is 1.35. The van der Waals surface area contributed by atoms with Crippen molar-refractivity contribution in [2.45, 2.75) is 51.0 Å². The minimum atomic E-state index is 0.0553. The molecule has 6 heteroatoms. The maximum atomic E-state index is 12.9. The van der Waals surface area contributed by atoms with E-state index in [2.05, 4.69) is 5.10 Å². The van der Waals surface area contributed by atoms with Gasteiger partial charge in [0, 0.05) is 30.8 Å². The molecule has 0 bridgehead atoms. The molecule has 5 rings (SSSR count). The Labute approximate surface area is 170 Å². The lowest BCUT2D eigenvalue weighted by Crippen LogP contribution is -2.41. The molecule has 2 fully saturated rings. The van der Waals surface area contributed by atoms with Crippen molar-refractivity contribution in [3.63, 3.8) is 0 Å². The number of carbonyl (C=O) groups excluding carboxylic acids is 2. The highest BCUT2D eigenvalue weighted by atomic mass is 16.2. The van der Waals surface area contributed by atoms with Crippen molar-refractivity contribution in [1.29, 1.82) is 0 Å². The highest BCUT2D eigenvalue weighted by molar-refractivity contribution is 6.15. The summed E-state index contributed by atoms with van der Waals surface area (Å²) in [6, 6.07) is 9.47. The van der Waals surface area contributed by atoms with Crippen molar-refractivity contribution in [2.24, 2.45) is 10.9 Å². The van der Waals surface area contributed by atoms with Gasteiger partial charge in [0.15, 0.2) is 11.6 Å². The van der Waals surface area contributed by atoms with E-state index in [1.165, 1.54) is 19.3 Å². The van der Waals surface area contributed by atoms with Gasteiger partial charge in [-0.25, -0.2) is 9.67 Å². The van der Waals surface area contributed by atoms with Crippen LogP contribution in [0, 0.1) is 5.92 Å². The van der Waals surface area contributed by atoms with Gasteiger partial charge in [-0.2, -0.15) is 5.10 Å². The van der Waals surface area contributed by atoms with Gasteiger partial charge in [-0.15, -0.1) is 0 Å². The second kappa shape index (κ2) is 7.58. The molecule has 1 saturated heterocycles. The largest absolute Gasteiger partial charge is 0.337 e. The summed E-state index contributed by atoms with van der Waals surface area (Å²) < 4.78 is 1.90. The quantitative estimate of drug-likeness (QED) is 0.785. The monoisotopic (exact) mass is 390 g/mol. The van der Waals surface area contributed by atoms with Gasteiger partial charge in [-0.1, -0.05) is 37.5 Å². The summed E-state index contributed by atoms with van der Waals surface area (Å²) in [4.78, 5) is 32.3. The lowest BCUT2D eigenvalue weighted by Gasteiger charge is -2.33. The van der Waals surface area contributed by atoms with Gasteiger partial charge in [0.05, 0.1) is 17.8 Å². The molecule has 3 heterocycles. The lowest BCUT2D eigenvalue weighted by molar-refractivity contribution is 0.0673. The van der Waals surface area contributed by atoms with Crippen molar-refractivity contribution < 1.29 is 9.59 Å². The van der Waals surface area contributed by atoms with Crippen molar-refractivity contribution in [3.05, 3.63) is 47.7 Å². The number of likely N-dealkylation sites (tertiary alicyclic amines) is 1. The number of rotatable bonds is 4. The minimum absolute atomic E-state index is 0.0553. The Hall–Kier alpha value is -2.76. The van der Waals surface area contributed by atoms with E-state index >= 15 is 0 Å². The second-order valence-corrected chi connectivity index (χ2v) is 8.52. The number of Topliss-reactive ketones (excluding diaryl/α,β-unsaturated/α-hetero) is 1. The molecule has 150 valence electrons. The maximum Gasteiger partial charge on any atom is 0.253 e. The summed E-state index contributed by atoms with van der Waals surface area (Å²) in [5.74, 6) is 1.58. The number of aromatic nitrogens is 2. The third-order valence-electron chi connectivity index (χ3n) is 6.50. The SMILES string of the molecule is O=C1CC(CC2CCC2)=Nc2c1cnn2C1CCCN(C(=O)c2ccccc2)C1. The predicted octanol–water partition coefficient (Wildman–Crippen LogP) is 4.21. The Balaban J connectivity index is 1.38. The molecule has 0 spiro atoms. The molecule has 2 aliphatic heterocycles. The van der Waals surface area contributed by atoms with Crippen LogP contribution in [-0.2, 0) is 0 Å². The zero-order valence-electron chi connectivity index (χ0n) is 16.6. The summed E-state index contributed by atoms with van der Waals surface area (Å²) in [5.41, 5.74) is 2.35. The Morgan fingerprint density at radius 3 is 2.69 bits per heavy atom. The molecule has 0 radical (unpaired) electrons. The summed E-state index contributed by atoms with van der Waals surface area (Å²) >= 11 is 0. The molecule has 1 aliphatic carbocycles. The number of benzene rings is 1. The van der Waals surface area contributed by atoms with E-state index in [4.69, 9.17) is 4.99 Å². The lowest BCUT2D eigenvalue weighted by atomic mass is 9.80. The first-order chi connectivity index (χ1) is 14.2. The molecule has 3 aliphatic rings. The molecule has 6 nitrogen and oxygen atoms in total. The number of carbonyl (C=O) groups is 2. The van der Waals surface area contributed by atoms with E-state index in [0.717, 1.165) is 31.5 Å². The standard InChI is InChI=1S/C23H26N4O2/c28-21-13-18(12-16-6-4-7-16)25-22-20(21)14-24-27(22)19-10-5-11-26(15-19)23(29)17-8-2-1-3-9-17/h1-3,8-9,14,16,19H,4-7,10-13,15H2. The Bertz CT molecular complexity index is 959. The van der Waals surface area contributed by atoms with Gasteiger partial charge in [0.2, 0.25) is 0 Å². The first-order valence-electron chi connectivity index (χ1n) is 10.7. The van der Waals surface area contributed by atoms with Crippen LogP contribution in [0.15, 0.2) is 41.5 Å². The average molecular weight is 390 g/mol. The van der Waals surface area contributed by atoms with Crippen molar-refractivity contribution in [1.82, 2.24) is 14.7 Å². The summed E-state index contributed by atoms with van der Waals surface area (Å²) in [6.07, 6.45) is 8.68. The molecule has 29 heavy (non-hydrogen) atoms. The van der Waals surface area contributed by atoms with Gasteiger partial charge in [-0.3, -0.25) is 9.59 Å². The maximum absolute atomic E-state index is 12.9. The molecule has 0 N–H and O–H groups in total. The molecule has 1 aromatic heterocycles. The van der Waals surface area contributed by atoms with Crippen LogP contribution in [0.2, 0.25) is 0 Å². The molecule has 1 aromatic carbocycles. The average Bonchev–Trinajstić information content (AvgIpc) is 3.15. The number of hydrogen-bond donors (Lipinski definition) is 0. The normalized spacial score (nSPS) is 22.1. The zero-order chi connectivity index (χ0) is 19.8. The number of aliphatic imine (C=N–C) groups is 1. The van der Waals surface area contributed by atoms with E-state index < -0.39 is 0 Å². The van der Waals surface area contributed by atoms with Crippen LogP contribution in [0.1, 0.15) is 71.7 Å². The van der Waals surface area contributed by atoms with E-state index in [-0.39, 0.29) is 17.7 Å². The summed E-state index contributed by atoms with van der Waals surface area (Å²) in [5, 5.41) is 4.54. The first kappa shape index (κ1) is 18.3. The van der Waals surface area contributed by atoms with Crippen molar-refractivity contribution >= 4 is 23.2 Å². The van der Waals surface area contributed by atoms with Crippen LogP contribution in [0.5, 0.6) is 0 Å². The molecular weight excluding hydrogens is 364 g/mol. The summed E-state index contributed by atoms with van der Waals surface area (Å²) in [7, 11) is 0. The van der Waals surface area contributed by atoms with Crippen molar-refractivity contribution in [2.75, 3.05) is 13.1 Å². The molecule has 2 aromatic rings. The van der Waals surface area contributed by atoms with Gasteiger partial charge in [0.25, 0.3) is 5.91 Å². The fourth-order valence-corrected chi connectivity index (χ4v) is 4.65. The minimum Gasteiger partial charge on any atom is -0.337 e. The fraction of sp³-hybridized carbons (Fsp3) is 0.478. The van der Waals surface area contributed by atoms with Crippen LogP contribution in [0.3, 0.4) is 0 Å². The smallest absolute Gasteiger partial charge is 0.253 e. The Morgan fingerprint density at radius 1 is 1.10 bits per heavy atom. The van der Waals surface area contributed by atoms with Gasteiger partial charge in [0.1, 0.15) is 0 Å². The molecule has 1 amide bonds. The molecule has 1 atom stereocenters. The van der Waals surface area contributed by atoms with E-state index in [1.54, 1.807) is 6.20 Å². The Kier molecular flexibility index (Phi) is 4.78. The second-order valence-electron chi connectivity index (χ2n) is 8.52. The molecule has 1 unspecified atom stereocenters. The fourth-order valence-electron chi connectivity index (χ4n) is 4.65. The third kappa shape index (κ3) is 3.52. The predicted molar refractivity (Wildman–Crippen MR) is 111 cm³/mol. The van der Waals surface area contributed by atoms with Crippen LogP contribution < -0.4 is 0 Å². The van der Waals surface area contributed by atoms with Gasteiger partial charge in [-0.05, 0) is 37.3 Å². The first-order valence-corrected chi connectivity index (χ1v) is 10.7. The number of fused-ring (bicyclic) bond motifs is 1. The van der Waals surface area contributed by atoms with Crippen LogP contribution >= 0.6 is 0 Å². The third-order valence-corrected chi connectivity index (χ3v) is 6.50. The highest BCUT2D eigenvalue weighted by Gasteiger charge is 2.32. The van der Waals surface area contributed by atoms with Gasteiger partial charge >= 0.3 is 0 Å². The van der Waals surface area contributed by atoms with Crippen LogP contribution in [0.25, 0.3) is 0 Å². The topological polar surface area (TPSA) is 67.6 Å². The number of nitrogens with zero attached hydrogens (tertiary/aromatic N) is 4. The Morgan fingerprint density at radius 2 is 1.93 bits per heavy atom. The van der Waals surface area contributed by atoms with Crippen LogP contribution in [-0.4, -0.2) is 45.2 Å². The molecule has 1 saturated carbocycles. The number of hydrogen-bond acceptors (Lipinski definition) is 4. The number of amides is 1. The van der Waals surface area contributed by atoms with E-state index in [9.17, 15) is 9.59 Å². The van der Waals surface area contributed by atoms with Gasteiger partial charge < -0.3 is 4.90 Å². The zero-order valence-corrected chi connectivity index (χ0v) is 16.6. The number of ketones is 1. The van der Waals surface area contributed by atoms with E-state index in [0.29, 0.717) is 35.8 Å². The van der Waals surface area contributed by atoms with Crippen molar-refractivity contribution in [3.8, 4) is 0 Å². The number of piperidine rings is 1. The van der Waals surface area contributed by atoms with E-state index in [1.807, 2.05) is 39.9 Å².